The van der Waals surface area contributed by atoms with E-state index in [1.165, 1.54) is 6.92 Å². The maximum Gasteiger partial charge on any atom is 0.321 e. The Morgan fingerprint density at radius 2 is 1.62 bits per heavy atom. The highest BCUT2D eigenvalue weighted by Gasteiger charge is 2.22. The van der Waals surface area contributed by atoms with Crippen LogP contribution in [0.2, 0.25) is 0 Å². The fraction of sp³-hybridized carbons (Fsp3) is 0.500. The summed E-state index contributed by atoms with van der Waals surface area (Å²) in [6.45, 7) is 9.19. The van der Waals surface area contributed by atoms with Gasteiger partial charge in [-0.1, -0.05) is 0 Å². The number of hydrogen-bond acceptors (Lipinski definition) is 3. The summed E-state index contributed by atoms with van der Waals surface area (Å²) in [5, 5.41) is 2.88. The van der Waals surface area contributed by atoms with Crippen molar-refractivity contribution >= 4 is 17.5 Å². The van der Waals surface area contributed by atoms with Gasteiger partial charge in [0.1, 0.15) is 0 Å². The second kappa shape index (κ2) is 6.72. The molecular formula is C16H23N3O2. The molecule has 0 atom stereocenters. The molecule has 1 aliphatic heterocycles. The van der Waals surface area contributed by atoms with E-state index in [9.17, 15) is 9.59 Å². The van der Waals surface area contributed by atoms with Gasteiger partial charge in [-0.05, 0) is 45.0 Å². The molecule has 1 saturated heterocycles. The summed E-state index contributed by atoms with van der Waals surface area (Å²) >= 11 is 0. The van der Waals surface area contributed by atoms with Crippen molar-refractivity contribution in [3.63, 3.8) is 0 Å². The zero-order valence-electron chi connectivity index (χ0n) is 12.9. The highest BCUT2D eigenvalue weighted by Crippen LogP contribution is 2.12. The number of urea groups is 1. The quantitative estimate of drug-likeness (QED) is 0.870. The summed E-state index contributed by atoms with van der Waals surface area (Å²) in [4.78, 5) is 27.6. The summed E-state index contributed by atoms with van der Waals surface area (Å²) in [5.41, 5.74) is 1.37. The molecule has 114 valence electrons. The number of benzene rings is 1. The minimum absolute atomic E-state index is 0.0256. The second-order valence-corrected chi connectivity index (χ2v) is 5.68. The molecule has 0 unspecified atom stereocenters. The predicted molar refractivity (Wildman–Crippen MR) is 83.7 cm³/mol. The first-order valence-electron chi connectivity index (χ1n) is 7.38. The Morgan fingerprint density at radius 3 is 2.10 bits per heavy atom. The smallest absolute Gasteiger partial charge is 0.321 e. The van der Waals surface area contributed by atoms with Gasteiger partial charge < -0.3 is 10.2 Å². The van der Waals surface area contributed by atoms with Gasteiger partial charge in [-0.3, -0.25) is 9.69 Å². The minimum atomic E-state index is -0.0750. The van der Waals surface area contributed by atoms with E-state index in [4.69, 9.17) is 0 Å². The molecule has 0 aliphatic carbocycles. The maximum atomic E-state index is 12.2. The largest absolute Gasteiger partial charge is 0.322 e. The number of nitrogens with zero attached hydrogens (tertiary/aromatic N) is 2. The monoisotopic (exact) mass is 289 g/mol. The summed E-state index contributed by atoms with van der Waals surface area (Å²) in [6, 6.07) is 7.43. The zero-order valence-corrected chi connectivity index (χ0v) is 12.9. The van der Waals surface area contributed by atoms with Crippen molar-refractivity contribution in [2.45, 2.75) is 26.8 Å². The van der Waals surface area contributed by atoms with Crippen LogP contribution >= 0.6 is 0 Å². The normalized spacial score (nSPS) is 16.1. The Labute approximate surface area is 125 Å². The first-order valence-corrected chi connectivity index (χ1v) is 7.38. The van der Waals surface area contributed by atoms with Crippen LogP contribution in [0, 0.1) is 0 Å². The number of piperazine rings is 1. The maximum absolute atomic E-state index is 12.2. The average molecular weight is 289 g/mol. The van der Waals surface area contributed by atoms with Gasteiger partial charge >= 0.3 is 6.03 Å². The van der Waals surface area contributed by atoms with E-state index in [2.05, 4.69) is 24.1 Å². The van der Waals surface area contributed by atoms with Gasteiger partial charge in [-0.25, -0.2) is 4.79 Å². The molecule has 0 radical (unpaired) electrons. The first-order chi connectivity index (χ1) is 9.97. The SMILES string of the molecule is CC(=O)c1ccc(NC(=O)N2CCN(C(C)C)CC2)cc1. The van der Waals surface area contributed by atoms with Crippen LogP contribution in [-0.4, -0.2) is 53.8 Å². The van der Waals surface area contributed by atoms with Crippen LogP contribution in [0.15, 0.2) is 24.3 Å². The molecule has 1 aromatic rings. The standard InChI is InChI=1S/C16H23N3O2/c1-12(2)18-8-10-19(11-9-18)16(21)17-15-6-4-14(5-7-15)13(3)20/h4-7,12H,8-11H2,1-3H3,(H,17,21). The number of amides is 2. The zero-order chi connectivity index (χ0) is 15.4. The van der Waals surface area contributed by atoms with Crippen LogP contribution in [-0.2, 0) is 0 Å². The Hall–Kier alpha value is -1.88. The van der Waals surface area contributed by atoms with Gasteiger partial charge in [0.15, 0.2) is 5.78 Å². The van der Waals surface area contributed by atoms with E-state index in [1.807, 2.05) is 4.90 Å². The summed E-state index contributed by atoms with van der Waals surface area (Å²) in [6.07, 6.45) is 0. The number of nitrogens with one attached hydrogen (secondary N) is 1. The number of anilines is 1. The number of ketones is 1. The van der Waals surface area contributed by atoms with E-state index in [1.54, 1.807) is 24.3 Å². The third-order valence-electron chi connectivity index (χ3n) is 3.87. The minimum Gasteiger partial charge on any atom is -0.322 e. The molecule has 1 N–H and O–H groups in total. The van der Waals surface area contributed by atoms with E-state index in [-0.39, 0.29) is 11.8 Å². The molecule has 21 heavy (non-hydrogen) atoms. The molecule has 0 saturated carbocycles. The average Bonchev–Trinajstić information content (AvgIpc) is 2.47. The topological polar surface area (TPSA) is 52.7 Å². The highest BCUT2D eigenvalue weighted by molar-refractivity contribution is 5.95. The van der Waals surface area contributed by atoms with Gasteiger partial charge in [0.25, 0.3) is 0 Å². The molecule has 0 aromatic heterocycles. The van der Waals surface area contributed by atoms with Gasteiger partial charge in [0, 0.05) is 43.5 Å². The van der Waals surface area contributed by atoms with E-state index in [0.29, 0.717) is 11.6 Å². The van der Waals surface area contributed by atoms with Crippen molar-refractivity contribution in [1.82, 2.24) is 9.80 Å². The molecule has 2 amide bonds. The van der Waals surface area contributed by atoms with Gasteiger partial charge in [0.05, 0.1) is 0 Å². The van der Waals surface area contributed by atoms with Crippen molar-refractivity contribution < 1.29 is 9.59 Å². The number of hydrogen-bond donors (Lipinski definition) is 1. The molecule has 1 aromatic carbocycles. The highest BCUT2D eigenvalue weighted by atomic mass is 16.2. The molecule has 0 bridgehead atoms. The summed E-state index contributed by atoms with van der Waals surface area (Å²) < 4.78 is 0. The first kappa shape index (κ1) is 15.5. The summed E-state index contributed by atoms with van der Waals surface area (Å²) in [7, 11) is 0. The lowest BCUT2D eigenvalue weighted by Crippen LogP contribution is -2.51. The Morgan fingerprint density at radius 1 is 1.05 bits per heavy atom. The molecule has 1 fully saturated rings. The summed E-state index contributed by atoms with van der Waals surface area (Å²) in [5.74, 6) is 0.0256. The van der Waals surface area contributed by atoms with Crippen LogP contribution in [0.3, 0.4) is 0 Å². The Bertz CT molecular complexity index is 503. The van der Waals surface area contributed by atoms with Crippen LogP contribution < -0.4 is 5.32 Å². The third kappa shape index (κ3) is 4.04. The Balaban J connectivity index is 1.89. The van der Waals surface area contributed by atoms with E-state index < -0.39 is 0 Å². The molecular weight excluding hydrogens is 266 g/mol. The van der Waals surface area contributed by atoms with E-state index >= 15 is 0 Å². The van der Waals surface area contributed by atoms with Gasteiger partial charge in [-0.2, -0.15) is 0 Å². The van der Waals surface area contributed by atoms with E-state index in [0.717, 1.165) is 31.9 Å². The second-order valence-electron chi connectivity index (χ2n) is 5.68. The fourth-order valence-electron chi connectivity index (χ4n) is 2.43. The molecule has 5 nitrogen and oxygen atoms in total. The van der Waals surface area contributed by atoms with Crippen molar-refractivity contribution in [1.29, 1.82) is 0 Å². The number of Topliss-reactive ketones (excluding diaryl/α,β-unsaturated/α-hetero) is 1. The van der Waals surface area contributed by atoms with Crippen molar-refractivity contribution in [3.05, 3.63) is 29.8 Å². The Kier molecular flexibility index (Phi) is 4.96. The molecule has 0 spiro atoms. The van der Waals surface area contributed by atoms with Crippen molar-refractivity contribution in [3.8, 4) is 0 Å². The van der Waals surface area contributed by atoms with Crippen LogP contribution in [0.4, 0.5) is 10.5 Å². The number of carbonyl (C=O) groups excluding carboxylic acids is 2. The third-order valence-corrected chi connectivity index (χ3v) is 3.87. The molecule has 2 rings (SSSR count). The number of carbonyl (C=O) groups is 2. The lowest BCUT2D eigenvalue weighted by Gasteiger charge is -2.36. The van der Waals surface area contributed by atoms with Gasteiger partial charge in [-0.15, -0.1) is 0 Å². The van der Waals surface area contributed by atoms with Crippen LogP contribution in [0.25, 0.3) is 0 Å². The molecule has 1 heterocycles. The van der Waals surface area contributed by atoms with Crippen molar-refractivity contribution in [2.24, 2.45) is 0 Å². The molecule has 1 aliphatic rings. The van der Waals surface area contributed by atoms with Crippen molar-refractivity contribution in [2.75, 3.05) is 31.5 Å². The lowest BCUT2D eigenvalue weighted by atomic mass is 10.1. The lowest BCUT2D eigenvalue weighted by molar-refractivity contribution is 0.101. The molecule has 5 heteroatoms. The van der Waals surface area contributed by atoms with Crippen LogP contribution in [0.1, 0.15) is 31.1 Å². The van der Waals surface area contributed by atoms with Crippen LogP contribution in [0.5, 0.6) is 0 Å². The fourth-order valence-corrected chi connectivity index (χ4v) is 2.43. The number of rotatable bonds is 3. The predicted octanol–water partition coefficient (Wildman–Crippen LogP) is 2.45. The van der Waals surface area contributed by atoms with Gasteiger partial charge in [0.2, 0.25) is 0 Å².